The lowest BCUT2D eigenvalue weighted by Crippen LogP contribution is -2.54. The van der Waals surface area contributed by atoms with Crippen LogP contribution in [0.4, 0.5) is 10.1 Å². The molecule has 47 heavy (non-hydrogen) atoms. The minimum Gasteiger partial charge on any atom is -0.451 e. The molecule has 2 aliphatic carbocycles. The Morgan fingerprint density at radius 2 is 1.89 bits per heavy atom. The third kappa shape index (κ3) is 4.97. The van der Waals surface area contributed by atoms with Gasteiger partial charge in [0.2, 0.25) is 0 Å². The maximum absolute atomic E-state index is 13.8. The zero-order valence-corrected chi connectivity index (χ0v) is 25.9. The number of benzene rings is 1. The fourth-order valence-electron chi connectivity index (χ4n) is 6.37. The lowest BCUT2D eigenvalue weighted by molar-refractivity contribution is -0.169. The van der Waals surface area contributed by atoms with E-state index in [-0.39, 0.29) is 17.9 Å². The van der Waals surface area contributed by atoms with Crippen molar-refractivity contribution in [2.24, 2.45) is 11.7 Å². The molecule has 0 spiro atoms. The molecule has 5 aromatic rings. The normalized spacial score (nSPS) is 19.8. The Balaban J connectivity index is 1.30. The van der Waals surface area contributed by atoms with E-state index < -0.39 is 29.0 Å². The minimum absolute atomic E-state index is 0.0499. The van der Waals surface area contributed by atoms with Crippen LogP contribution >= 0.6 is 11.6 Å². The molecule has 3 N–H and O–H groups in total. The fourth-order valence-corrected chi connectivity index (χ4v) is 6.46. The van der Waals surface area contributed by atoms with Gasteiger partial charge >= 0.3 is 0 Å². The average Bonchev–Trinajstić information content (AvgIpc) is 3.98. The molecule has 4 aromatic heterocycles. The van der Waals surface area contributed by atoms with E-state index in [1.165, 1.54) is 36.5 Å². The van der Waals surface area contributed by atoms with E-state index in [2.05, 4.69) is 15.0 Å². The average molecular weight is 655 g/mol. The standard InChI is InChI=1S/C33H28ClFN8O4/c1-32(46)31(45)42(16-26-38-12-19(34)13-39-26)23-6-4-18(11-24(23)47-32)27-21-15-40-43(33(8-9-33)25-7-5-20(35)14-37-25)30(21)41-22(10-17-2-3-17)28(27)29(36)44/h4-7,11-15,17,46H,2-3,8-10,16H2,1H3,(H2,36,44)/t32-/m0/s1. The largest absolute Gasteiger partial charge is 0.451 e. The molecule has 0 unspecified atom stereocenters. The summed E-state index contributed by atoms with van der Waals surface area (Å²) in [6.07, 6.45) is 9.78. The first-order valence-electron chi connectivity index (χ1n) is 15.2. The molecular formula is C33H28ClFN8O4. The van der Waals surface area contributed by atoms with E-state index in [0.717, 1.165) is 25.7 Å². The van der Waals surface area contributed by atoms with E-state index >= 15 is 0 Å². The number of anilines is 1. The summed E-state index contributed by atoms with van der Waals surface area (Å²) in [5.41, 5.74) is 8.98. The number of nitrogens with zero attached hydrogens (tertiary/aromatic N) is 7. The summed E-state index contributed by atoms with van der Waals surface area (Å²) >= 11 is 5.94. The van der Waals surface area contributed by atoms with Gasteiger partial charge in [0.15, 0.2) is 5.65 Å². The zero-order chi connectivity index (χ0) is 32.7. The van der Waals surface area contributed by atoms with Gasteiger partial charge in [0.25, 0.3) is 17.6 Å². The SMILES string of the molecule is C[C@]1(O)Oc2cc(-c3c(C(N)=O)c(CC4CC4)nc4c3cnn4C3(c4ccc(F)cn4)CC3)ccc2N(Cc2ncc(Cl)cn2)C1=O. The second kappa shape index (κ2) is 10.5. The van der Waals surface area contributed by atoms with Gasteiger partial charge in [-0.3, -0.25) is 19.5 Å². The molecule has 0 bridgehead atoms. The number of aromatic nitrogens is 6. The van der Waals surface area contributed by atoms with Crippen molar-refractivity contribution in [2.75, 3.05) is 4.90 Å². The van der Waals surface area contributed by atoms with Gasteiger partial charge in [0, 0.05) is 30.3 Å². The van der Waals surface area contributed by atoms with Crippen molar-refractivity contribution in [3.63, 3.8) is 0 Å². The lowest BCUT2D eigenvalue weighted by atomic mass is 9.93. The molecule has 1 aliphatic heterocycles. The third-order valence-electron chi connectivity index (χ3n) is 9.01. The van der Waals surface area contributed by atoms with Crippen LogP contribution in [0.2, 0.25) is 5.02 Å². The summed E-state index contributed by atoms with van der Waals surface area (Å²) in [4.78, 5) is 45.6. The van der Waals surface area contributed by atoms with Crippen LogP contribution in [0.15, 0.2) is 55.1 Å². The molecule has 14 heteroatoms. The summed E-state index contributed by atoms with van der Waals surface area (Å²) in [5.74, 6) is -3.06. The van der Waals surface area contributed by atoms with E-state index in [9.17, 15) is 19.1 Å². The van der Waals surface area contributed by atoms with Crippen LogP contribution in [0, 0.1) is 11.7 Å². The Kier molecular flexibility index (Phi) is 6.57. The number of fused-ring (bicyclic) bond motifs is 2. The van der Waals surface area contributed by atoms with Gasteiger partial charge in [-0.05, 0) is 67.9 Å². The van der Waals surface area contributed by atoms with Crippen LogP contribution in [0.3, 0.4) is 0 Å². The van der Waals surface area contributed by atoms with Crippen molar-refractivity contribution < 1.29 is 23.8 Å². The first kappa shape index (κ1) is 29.4. The molecule has 3 aliphatic rings. The molecule has 238 valence electrons. The van der Waals surface area contributed by atoms with Gasteiger partial charge < -0.3 is 15.6 Å². The van der Waals surface area contributed by atoms with Gasteiger partial charge in [-0.15, -0.1) is 0 Å². The Labute approximate surface area is 272 Å². The van der Waals surface area contributed by atoms with Crippen LogP contribution in [-0.4, -0.2) is 52.4 Å². The molecule has 12 nitrogen and oxygen atoms in total. The number of primary amides is 1. The number of pyridine rings is 2. The monoisotopic (exact) mass is 654 g/mol. The number of aliphatic hydroxyl groups is 1. The molecular weight excluding hydrogens is 627 g/mol. The highest BCUT2D eigenvalue weighted by molar-refractivity contribution is 6.30. The minimum atomic E-state index is -2.19. The van der Waals surface area contributed by atoms with Crippen molar-refractivity contribution in [1.82, 2.24) is 29.7 Å². The molecule has 2 fully saturated rings. The molecule has 1 aromatic carbocycles. The second-order valence-corrected chi connectivity index (χ2v) is 12.9. The first-order valence-corrected chi connectivity index (χ1v) is 15.6. The maximum atomic E-state index is 13.8. The molecule has 5 heterocycles. The Morgan fingerprint density at radius 1 is 1.13 bits per heavy atom. The quantitative estimate of drug-likeness (QED) is 0.248. The highest BCUT2D eigenvalue weighted by Crippen LogP contribution is 2.51. The number of ether oxygens (including phenoxy) is 1. The number of hydrogen-bond acceptors (Lipinski definition) is 9. The summed E-state index contributed by atoms with van der Waals surface area (Å²) in [6.45, 7) is 1.21. The topological polar surface area (TPSA) is 162 Å². The predicted octanol–water partition coefficient (Wildman–Crippen LogP) is 4.30. The highest BCUT2D eigenvalue weighted by atomic mass is 35.5. The Hall–Kier alpha value is -5.01. The summed E-state index contributed by atoms with van der Waals surface area (Å²) in [6, 6.07) is 8.15. The first-order chi connectivity index (χ1) is 22.5. The molecule has 2 amide bonds. The molecule has 0 saturated heterocycles. The number of carbonyl (C=O) groups is 2. The Morgan fingerprint density at radius 3 is 2.55 bits per heavy atom. The molecule has 8 rings (SSSR count). The van der Waals surface area contributed by atoms with E-state index in [0.29, 0.717) is 62.4 Å². The van der Waals surface area contributed by atoms with E-state index in [1.807, 2.05) is 4.68 Å². The highest BCUT2D eigenvalue weighted by Gasteiger charge is 2.50. The van der Waals surface area contributed by atoms with Gasteiger partial charge in [0.1, 0.15) is 22.9 Å². The maximum Gasteiger partial charge on any atom is 0.299 e. The van der Waals surface area contributed by atoms with Crippen LogP contribution in [0.25, 0.3) is 22.2 Å². The van der Waals surface area contributed by atoms with Crippen molar-refractivity contribution in [3.05, 3.63) is 88.7 Å². The number of hydrogen-bond donors (Lipinski definition) is 2. The van der Waals surface area contributed by atoms with Gasteiger partial charge in [-0.2, -0.15) is 5.10 Å². The third-order valence-corrected chi connectivity index (χ3v) is 9.21. The molecule has 2 saturated carbocycles. The summed E-state index contributed by atoms with van der Waals surface area (Å²) in [5, 5.41) is 16.7. The van der Waals surface area contributed by atoms with Crippen LogP contribution < -0.4 is 15.4 Å². The van der Waals surface area contributed by atoms with Crippen molar-refractivity contribution in [2.45, 2.75) is 56.9 Å². The lowest BCUT2D eigenvalue weighted by Gasteiger charge is -2.37. The smallest absolute Gasteiger partial charge is 0.299 e. The predicted molar refractivity (Wildman–Crippen MR) is 168 cm³/mol. The van der Waals surface area contributed by atoms with Crippen LogP contribution in [0.1, 0.15) is 60.2 Å². The number of rotatable bonds is 8. The Bertz CT molecular complexity index is 2090. The van der Waals surface area contributed by atoms with Crippen molar-refractivity contribution in [1.29, 1.82) is 0 Å². The summed E-state index contributed by atoms with van der Waals surface area (Å²) in [7, 11) is 0. The van der Waals surface area contributed by atoms with Crippen molar-refractivity contribution >= 4 is 40.1 Å². The fraction of sp³-hybridized carbons (Fsp3) is 0.303. The number of amides is 2. The van der Waals surface area contributed by atoms with Gasteiger partial charge in [0.05, 0.1) is 46.6 Å². The molecule has 1 atom stereocenters. The summed E-state index contributed by atoms with van der Waals surface area (Å²) < 4.78 is 21.4. The van der Waals surface area contributed by atoms with E-state index in [1.54, 1.807) is 30.5 Å². The van der Waals surface area contributed by atoms with Gasteiger partial charge in [-0.25, -0.2) is 24.0 Å². The zero-order valence-electron chi connectivity index (χ0n) is 25.2. The van der Waals surface area contributed by atoms with E-state index in [4.69, 9.17) is 32.2 Å². The number of halogens is 2. The second-order valence-electron chi connectivity index (χ2n) is 12.5. The molecule has 0 radical (unpaired) electrons. The van der Waals surface area contributed by atoms with Crippen molar-refractivity contribution in [3.8, 4) is 16.9 Å². The van der Waals surface area contributed by atoms with Crippen LogP contribution in [-0.2, 0) is 23.3 Å². The number of nitrogens with two attached hydrogens (primary N) is 1. The van der Waals surface area contributed by atoms with Crippen LogP contribution in [0.5, 0.6) is 5.75 Å². The number of carbonyl (C=O) groups excluding carboxylic acids is 2. The van der Waals surface area contributed by atoms with Gasteiger partial charge in [-0.1, -0.05) is 17.7 Å².